The normalized spacial score (nSPS) is 12.0. The summed E-state index contributed by atoms with van der Waals surface area (Å²) in [5.74, 6) is 0.396. The van der Waals surface area contributed by atoms with Crippen molar-refractivity contribution in [1.82, 2.24) is 20.8 Å². The zero-order chi connectivity index (χ0) is 15.2. The fraction of sp³-hybridized carbons (Fsp3) is 0.308. The molecule has 0 aliphatic heterocycles. The van der Waals surface area contributed by atoms with E-state index in [0.29, 0.717) is 17.3 Å². The Kier molecular flexibility index (Phi) is 4.83. The maximum Gasteiger partial charge on any atom is 0.315 e. The largest absolute Gasteiger partial charge is 0.387 e. The Labute approximate surface area is 120 Å². The van der Waals surface area contributed by atoms with Crippen LogP contribution >= 0.6 is 0 Å². The lowest BCUT2D eigenvalue weighted by Gasteiger charge is -2.12. The second kappa shape index (κ2) is 6.80. The monoisotopic (exact) mass is 294 g/mol. The van der Waals surface area contributed by atoms with Gasteiger partial charge in [-0.05, 0) is 24.6 Å². The van der Waals surface area contributed by atoms with Crippen LogP contribution in [0.4, 0.5) is 9.18 Å². The van der Waals surface area contributed by atoms with Crippen LogP contribution in [-0.2, 0) is 6.54 Å². The molecule has 1 aromatic heterocycles. The Morgan fingerprint density at radius 1 is 1.38 bits per heavy atom. The number of amides is 2. The number of urea groups is 1. The van der Waals surface area contributed by atoms with Gasteiger partial charge in [-0.1, -0.05) is 17.3 Å². The number of aromatic nitrogens is 2. The van der Waals surface area contributed by atoms with E-state index in [-0.39, 0.29) is 18.9 Å². The minimum Gasteiger partial charge on any atom is -0.387 e. The molecule has 2 aromatic rings. The number of nitrogens with one attached hydrogen (secondary N) is 2. The van der Waals surface area contributed by atoms with Crippen molar-refractivity contribution < 1.29 is 18.8 Å². The third-order valence-corrected chi connectivity index (χ3v) is 2.68. The predicted molar refractivity (Wildman–Crippen MR) is 70.6 cm³/mol. The van der Waals surface area contributed by atoms with E-state index in [1.165, 1.54) is 24.3 Å². The van der Waals surface area contributed by atoms with Gasteiger partial charge in [-0.3, -0.25) is 0 Å². The first-order chi connectivity index (χ1) is 10.0. The summed E-state index contributed by atoms with van der Waals surface area (Å²) >= 11 is 0. The van der Waals surface area contributed by atoms with Crippen LogP contribution in [0.25, 0.3) is 0 Å². The minimum absolute atomic E-state index is 0.000324. The van der Waals surface area contributed by atoms with Gasteiger partial charge in [0.25, 0.3) is 0 Å². The zero-order valence-corrected chi connectivity index (χ0v) is 11.3. The van der Waals surface area contributed by atoms with Crippen molar-refractivity contribution in [1.29, 1.82) is 0 Å². The summed E-state index contributed by atoms with van der Waals surface area (Å²) in [6, 6.07) is 4.93. The summed E-state index contributed by atoms with van der Waals surface area (Å²) in [5.41, 5.74) is 0.518. The molecule has 0 spiro atoms. The summed E-state index contributed by atoms with van der Waals surface area (Å²) in [4.78, 5) is 15.5. The maximum absolute atomic E-state index is 12.7. The van der Waals surface area contributed by atoms with Gasteiger partial charge in [0.05, 0.1) is 12.6 Å². The highest BCUT2D eigenvalue weighted by atomic mass is 19.1. The molecule has 0 saturated carbocycles. The summed E-state index contributed by atoms with van der Waals surface area (Å²) in [6.07, 6.45) is -0.915. The molecule has 112 valence electrons. The number of aliphatic hydroxyl groups is 1. The molecule has 0 radical (unpaired) electrons. The van der Waals surface area contributed by atoms with E-state index in [0.717, 1.165) is 0 Å². The quantitative estimate of drug-likeness (QED) is 0.765. The molecule has 0 aliphatic rings. The van der Waals surface area contributed by atoms with E-state index in [4.69, 9.17) is 4.52 Å². The molecule has 2 amide bonds. The van der Waals surface area contributed by atoms with Gasteiger partial charge in [-0.15, -0.1) is 0 Å². The average Bonchev–Trinajstić information content (AvgIpc) is 2.89. The van der Waals surface area contributed by atoms with Crippen LogP contribution in [0.15, 0.2) is 28.8 Å². The van der Waals surface area contributed by atoms with Crippen LogP contribution < -0.4 is 10.6 Å². The summed E-state index contributed by atoms with van der Waals surface area (Å²) in [6.45, 7) is 1.77. The predicted octanol–water partition coefficient (Wildman–Crippen LogP) is 1.05. The van der Waals surface area contributed by atoms with Crippen LogP contribution in [0.3, 0.4) is 0 Å². The molecular formula is C13H15FN4O3. The lowest BCUT2D eigenvalue weighted by Crippen LogP contribution is -2.37. The van der Waals surface area contributed by atoms with E-state index in [9.17, 15) is 14.3 Å². The molecule has 0 bridgehead atoms. The molecule has 1 aromatic carbocycles. The van der Waals surface area contributed by atoms with E-state index >= 15 is 0 Å². The highest BCUT2D eigenvalue weighted by molar-refractivity contribution is 5.73. The zero-order valence-electron chi connectivity index (χ0n) is 11.3. The number of benzene rings is 1. The lowest BCUT2D eigenvalue weighted by molar-refractivity contribution is 0.172. The molecule has 0 aliphatic carbocycles. The van der Waals surface area contributed by atoms with E-state index in [1.54, 1.807) is 6.92 Å². The molecule has 1 unspecified atom stereocenters. The second-order valence-corrected chi connectivity index (χ2v) is 4.37. The number of aliphatic hydroxyl groups excluding tert-OH is 1. The van der Waals surface area contributed by atoms with Gasteiger partial charge in [0.15, 0.2) is 5.82 Å². The number of halogens is 1. The Hall–Kier alpha value is -2.48. The molecule has 2 rings (SSSR count). The van der Waals surface area contributed by atoms with Gasteiger partial charge in [-0.2, -0.15) is 4.98 Å². The van der Waals surface area contributed by atoms with Crippen molar-refractivity contribution >= 4 is 6.03 Å². The average molecular weight is 294 g/mol. The van der Waals surface area contributed by atoms with Crippen molar-refractivity contribution in [2.75, 3.05) is 6.54 Å². The molecule has 7 nitrogen and oxygen atoms in total. The first-order valence-electron chi connectivity index (χ1n) is 6.29. The molecule has 1 atom stereocenters. The fourth-order valence-corrected chi connectivity index (χ4v) is 1.62. The maximum atomic E-state index is 12.7. The van der Waals surface area contributed by atoms with Crippen LogP contribution in [0.2, 0.25) is 0 Å². The van der Waals surface area contributed by atoms with Crippen LogP contribution in [0, 0.1) is 12.7 Å². The van der Waals surface area contributed by atoms with E-state index < -0.39 is 12.1 Å². The first-order valence-corrected chi connectivity index (χ1v) is 6.29. The van der Waals surface area contributed by atoms with Crippen LogP contribution in [0.5, 0.6) is 0 Å². The van der Waals surface area contributed by atoms with Crippen LogP contribution in [0.1, 0.15) is 23.4 Å². The number of aryl methyl sites for hydroxylation is 1. The SMILES string of the molecule is Cc1noc(CNC(=O)NCC(O)c2ccc(F)cc2)n1. The molecule has 3 N–H and O–H groups in total. The van der Waals surface area contributed by atoms with Gasteiger partial charge < -0.3 is 20.3 Å². The second-order valence-electron chi connectivity index (χ2n) is 4.37. The Morgan fingerprint density at radius 2 is 2.10 bits per heavy atom. The Morgan fingerprint density at radius 3 is 2.71 bits per heavy atom. The number of carbonyl (C=O) groups excluding carboxylic acids is 1. The Bertz CT molecular complexity index is 600. The van der Waals surface area contributed by atoms with Gasteiger partial charge in [0.1, 0.15) is 5.82 Å². The number of nitrogens with zero attached hydrogens (tertiary/aromatic N) is 2. The molecule has 0 saturated heterocycles. The van der Waals surface area contributed by atoms with Crippen molar-refractivity contribution in [2.45, 2.75) is 19.6 Å². The molecule has 8 heteroatoms. The number of rotatable bonds is 5. The van der Waals surface area contributed by atoms with E-state index in [1.807, 2.05) is 0 Å². The minimum atomic E-state index is -0.915. The Balaban J connectivity index is 1.74. The van der Waals surface area contributed by atoms with Crippen LogP contribution in [-0.4, -0.2) is 27.8 Å². The van der Waals surface area contributed by atoms with Crippen molar-refractivity contribution in [2.24, 2.45) is 0 Å². The fourth-order valence-electron chi connectivity index (χ4n) is 1.62. The molecule has 1 heterocycles. The highest BCUT2D eigenvalue weighted by Gasteiger charge is 2.10. The summed E-state index contributed by atoms with van der Waals surface area (Å²) in [7, 11) is 0. The number of carbonyl (C=O) groups is 1. The summed E-state index contributed by atoms with van der Waals surface area (Å²) in [5, 5.41) is 18.4. The third-order valence-electron chi connectivity index (χ3n) is 2.68. The third kappa shape index (κ3) is 4.53. The van der Waals surface area contributed by atoms with Gasteiger partial charge in [0, 0.05) is 6.54 Å². The van der Waals surface area contributed by atoms with Gasteiger partial charge in [-0.25, -0.2) is 9.18 Å². The molecule has 0 fully saturated rings. The van der Waals surface area contributed by atoms with Gasteiger partial charge >= 0.3 is 6.03 Å². The van der Waals surface area contributed by atoms with Crippen molar-refractivity contribution in [3.63, 3.8) is 0 Å². The van der Waals surface area contributed by atoms with Gasteiger partial charge in [0.2, 0.25) is 5.89 Å². The topological polar surface area (TPSA) is 100 Å². The number of hydrogen-bond donors (Lipinski definition) is 3. The van der Waals surface area contributed by atoms with Crippen molar-refractivity contribution in [3.05, 3.63) is 47.4 Å². The molecule has 21 heavy (non-hydrogen) atoms. The molecular weight excluding hydrogens is 279 g/mol. The first kappa shape index (κ1) is 14.9. The number of hydrogen-bond acceptors (Lipinski definition) is 5. The van der Waals surface area contributed by atoms with Crippen molar-refractivity contribution in [3.8, 4) is 0 Å². The van der Waals surface area contributed by atoms with E-state index in [2.05, 4.69) is 20.8 Å². The highest BCUT2D eigenvalue weighted by Crippen LogP contribution is 2.12. The lowest BCUT2D eigenvalue weighted by atomic mass is 10.1. The smallest absolute Gasteiger partial charge is 0.315 e. The standard InChI is InChI=1S/C13H15FN4O3/c1-8-17-12(21-18-8)7-16-13(20)15-6-11(19)9-2-4-10(14)5-3-9/h2-5,11,19H,6-7H2,1H3,(H2,15,16,20). The summed E-state index contributed by atoms with van der Waals surface area (Å²) < 4.78 is 17.6.